The molecular formula is C15H15N5O3. The molecule has 1 amide bonds. The Hall–Kier alpha value is -3.16. The fourth-order valence-electron chi connectivity index (χ4n) is 2.16. The standard InChI is InChI=1S/C15H15N5O3/c1-2-20-9-17-19-13(20)8-16-14(21)10-5-6-11(18-15(10)22)12-4-3-7-23-12/h3-7,9H,2,8H2,1H3,(H,16,21)(H,18,22). The number of nitrogens with one attached hydrogen (secondary N) is 2. The SMILES string of the molecule is CCn1cnnc1CNC(=O)c1ccc(-c2ccco2)[nH]c1=O. The van der Waals surface area contributed by atoms with E-state index in [1.807, 2.05) is 11.5 Å². The van der Waals surface area contributed by atoms with E-state index in [4.69, 9.17) is 4.42 Å². The molecule has 0 aliphatic heterocycles. The second-order valence-corrected chi connectivity index (χ2v) is 4.81. The monoisotopic (exact) mass is 313 g/mol. The highest BCUT2D eigenvalue weighted by Gasteiger charge is 2.13. The summed E-state index contributed by atoms with van der Waals surface area (Å²) in [7, 11) is 0. The smallest absolute Gasteiger partial charge is 0.261 e. The third-order valence-corrected chi connectivity index (χ3v) is 3.38. The van der Waals surface area contributed by atoms with Crippen LogP contribution in [0.3, 0.4) is 0 Å². The summed E-state index contributed by atoms with van der Waals surface area (Å²) in [5.41, 5.74) is 0.0681. The molecule has 2 N–H and O–H groups in total. The first-order valence-corrected chi connectivity index (χ1v) is 7.11. The van der Waals surface area contributed by atoms with Gasteiger partial charge in [-0.05, 0) is 31.2 Å². The van der Waals surface area contributed by atoms with Gasteiger partial charge >= 0.3 is 0 Å². The molecule has 0 unspecified atom stereocenters. The first kappa shape index (κ1) is 14.8. The van der Waals surface area contributed by atoms with E-state index < -0.39 is 11.5 Å². The molecule has 0 saturated heterocycles. The van der Waals surface area contributed by atoms with Crippen LogP contribution in [-0.4, -0.2) is 25.7 Å². The molecule has 8 nitrogen and oxygen atoms in total. The van der Waals surface area contributed by atoms with Crippen LogP contribution in [0.2, 0.25) is 0 Å². The van der Waals surface area contributed by atoms with Crippen LogP contribution >= 0.6 is 0 Å². The molecule has 8 heteroatoms. The fourth-order valence-corrected chi connectivity index (χ4v) is 2.16. The highest BCUT2D eigenvalue weighted by molar-refractivity contribution is 5.93. The van der Waals surface area contributed by atoms with E-state index in [1.165, 1.54) is 12.3 Å². The van der Waals surface area contributed by atoms with Crippen LogP contribution in [0.25, 0.3) is 11.5 Å². The quantitative estimate of drug-likeness (QED) is 0.735. The minimum Gasteiger partial charge on any atom is -0.463 e. The number of carbonyl (C=O) groups is 1. The van der Waals surface area contributed by atoms with Crippen LogP contribution in [0.5, 0.6) is 0 Å². The van der Waals surface area contributed by atoms with Crippen molar-refractivity contribution < 1.29 is 9.21 Å². The molecule has 3 rings (SSSR count). The normalized spacial score (nSPS) is 10.7. The fraction of sp³-hybridized carbons (Fsp3) is 0.200. The Bertz CT molecular complexity index is 863. The van der Waals surface area contributed by atoms with Crippen LogP contribution in [0, 0.1) is 0 Å². The van der Waals surface area contributed by atoms with Gasteiger partial charge < -0.3 is 19.3 Å². The molecule has 23 heavy (non-hydrogen) atoms. The molecule has 0 aromatic carbocycles. The van der Waals surface area contributed by atoms with Crippen LogP contribution in [0.15, 0.2) is 46.1 Å². The summed E-state index contributed by atoms with van der Waals surface area (Å²) in [6.07, 6.45) is 3.10. The molecule has 0 radical (unpaired) electrons. The Morgan fingerprint density at radius 2 is 2.26 bits per heavy atom. The van der Waals surface area contributed by atoms with Crippen molar-refractivity contribution in [3.05, 3.63) is 58.6 Å². The molecule has 0 spiro atoms. The van der Waals surface area contributed by atoms with E-state index in [0.717, 1.165) is 0 Å². The zero-order valence-corrected chi connectivity index (χ0v) is 12.4. The van der Waals surface area contributed by atoms with E-state index in [0.29, 0.717) is 23.8 Å². The van der Waals surface area contributed by atoms with Gasteiger partial charge in [-0.1, -0.05) is 0 Å². The third kappa shape index (κ3) is 3.05. The lowest BCUT2D eigenvalue weighted by molar-refractivity contribution is 0.0948. The summed E-state index contributed by atoms with van der Waals surface area (Å²) in [4.78, 5) is 26.8. The molecule has 0 aliphatic rings. The number of aromatic nitrogens is 4. The maximum Gasteiger partial charge on any atom is 0.261 e. The average Bonchev–Trinajstić information content (AvgIpc) is 3.23. The molecular weight excluding hydrogens is 298 g/mol. The molecule has 118 valence electrons. The van der Waals surface area contributed by atoms with Crippen LogP contribution < -0.4 is 10.9 Å². The van der Waals surface area contributed by atoms with Gasteiger partial charge in [0.05, 0.1) is 18.5 Å². The number of pyridine rings is 1. The lowest BCUT2D eigenvalue weighted by atomic mass is 10.2. The van der Waals surface area contributed by atoms with Crippen molar-refractivity contribution >= 4 is 5.91 Å². The largest absolute Gasteiger partial charge is 0.463 e. The molecule has 3 aromatic rings. The van der Waals surface area contributed by atoms with Gasteiger partial charge in [0.2, 0.25) is 0 Å². The number of hydrogen-bond donors (Lipinski definition) is 2. The third-order valence-electron chi connectivity index (χ3n) is 3.38. The Balaban J connectivity index is 1.74. The van der Waals surface area contributed by atoms with Gasteiger partial charge in [-0.25, -0.2) is 0 Å². The van der Waals surface area contributed by atoms with E-state index in [2.05, 4.69) is 20.5 Å². The number of carbonyl (C=O) groups excluding carboxylic acids is 1. The van der Waals surface area contributed by atoms with E-state index in [-0.39, 0.29) is 12.1 Å². The topological polar surface area (TPSA) is 106 Å². The zero-order chi connectivity index (χ0) is 16.2. The molecule has 0 saturated carbocycles. The first-order valence-electron chi connectivity index (χ1n) is 7.11. The number of furan rings is 1. The minimum absolute atomic E-state index is 0.0304. The number of amides is 1. The Labute approximate surface area is 131 Å². The van der Waals surface area contributed by atoms with Crippen molar-refractivity contribution in [1.29, 1.82) is 0 Å². The molecule has 0 fully saturated rings. The predicted molar refractivity (Wildman–Crippen MR) is 81.6 cm³/mol. The predicted octanol–water partition coefficient (Wildman–Crippen LogP) is 1.18. The van der Waals surface area contributed by atoms with Crippen molar-refractivity contribution in [3.63, 3.8) is 0 Å². The minimum atomic E-state index is -0.478. The Kier molecular flexibility index (Phi) is 4.05. The van der Waals surface area contributed by atoms with Crippen molar-refractivity contribution in [1.82, 2.24) is 25.1 Å². The molecule has 3 heterocycles. The van der Waals surface area contributed by atoms with E-state index in [1.54, 1.807) is 24.5 Å². The maximum atomic E-state index is 12.1. The molecule has 0 atom stereocenters. The summed E-state index contributed by atoms with van der Waals surface area (Å²) in [5, 5.41) is 10.4. The lowest BCUT2D eigenvalue weighted by Gasteiger charge is -2.06. The summed E-state index contributed by atoms with van der Waals surface area (Å²) >= 11 is 0. The van der Waals surface area contributed by atoms with Gasteiger partial charge in [-0.2, -0.15) is 0 Å². The number of aromatic amines is 1. The van der Waals surface area contributed by atoms with Crippen molar-refractivity contribution in [2.75, 3.05) is 0 Å². The van der Waals surface area contributed by atoms with Crippen molar-refractivity contribution in [2.45, 2.75) is 20.0 Å². The van der Waals surface area contributed by atoms with E-state index >= 15 is 0 Å². The van der Waals surface area contributed by atoms with Gasteiger partial charge in [-0.3, -0.25) is 9.59 Å². The van der Waals surface area contributed by atoms with Gasteiger partial charge in [0.1, 0.15) is 17.7 Å². The van der Waals surface area contributed by atoms with Gasteiger partial charge in [-0.15, -0.1) is 10.2 Å². The van der Waals surface area contributed by atoms with Crippen LogP contribution in [0.1, 0.15) is 23.1 Å². The van der Waals surface area contributed by atoms with Crippen LogP contribution in [0.4, 0.5) is 0 Å². The maximum absolute atomic E-state index is 12.1. The molecule has 0 aliphatic carbocycles. The second kappa shape index (κ2) is 6.30. The molecule has 3 aromatic heterocycles. The number of hydrogen-bond acceptors (Lipinski definition) is 5. The zero-order valence-electron chi connectivity index (χ0n) is 12.4. The van der Waals surface area contributed by atoms with Gasteiger partial charge in [0.15, 0.2) is 5.82 Å². The van der Waals surface area contributed by atoms with E-state index in [9.17, 15) is 9.59 Å². The van der Waals surface area contributed by atoms with Crippen molar-refractivity contribution in [3.8, 4) is 11.5 Å². The summed E-state index contributed by atoms with van der Waals surface area (Å²) in [5.74, 6) is 0.692. The second-order valence-electron chi connectivity index (χ2n) is 4.81. The number of rotatable bonds is 5. The summed E-state index contributed by atoms with van der Waals surface area (Å²) < 4.78 is 7.02. The lowest BCUT2D eigenvalue weighted by Crippen LogP contribution is -2.30. The summed E-state index contributed by atoms with van der Waals surface area (Å²) in [6, 6.07) is 6.54. The van der Waals surface area contributed by atoms with Gasteiger partial charge in [0.25, 0.3) is 11.5 Å². The first-order chi connectivity index (χ1) is 11.2. The Morgan fingerprint density at radius 1 is 1.39 bits per heavy atom. The number of nitrogens with zero attached hydrogens (tertiary/aromatic N) is 3. The number of aryl methyl sites for hydroxylation is 1. The highest BCUT2D eigenvalue weighted by atomic mass is 16.3. The average molecular weight is 313 g/mol. The van der Waals surface area contributed by atoms with Gasteiger partial charge in [0, 0.05) is 6.54 Å². The number of H-pyrrole nitrogens is 1. The molecule has 0 bridgehead atoms. The van der Waals surface area contributed by atoms with Crippen LogP contribution in [-0.2, 0) is 13.1 Å². The van der Waals surface area contributed by atoms with Crippen molar-refractivity contribution in [2.24, 2.45) is 0 Å². The highest BCUT2D eigenvalue weighted by Crippen LogP contribution is 2.15. The summed E-state index contributed by atoms with van der Waals surface area (Å²) in [6.45, 7) is 2.86. The Morgan fingerprint density at radius 3 is 2.96 bits per heavy atom.